The highest BCUT2D eigenvalue weighted by Gasteiger charge is 2.30. The summed E-state index contributed by atoms with van der Waals surface area (Å²) in [5, 5.41) is 3.82. The Morgan fingerprint density at radius 2 is 1.79 bits per heavy atom. The topological polar surface area (TPSA) is 81.1 Å². The van der Waals surface area contributed by atoms with Gasteiger partial charge in [0.1, 0.15) is 0 Å². The molecule has 2 rings (SSSR count). The smallest absolute Gasteiger partial charge is 0.268 e. The Hall–Kier alpha value is -2.20. The van der Waals surface area contributed by atoms with E-state index in [9.17, 15) is 26.4 Å². The molecule has 0 saturated heterocycles. The minimum atomic E-state index is -4.52. The van der Waals surface area contributed by atoms with Gasteiger partial charge in [0.2, 0.25) is 10.0 Å². The highest BCUT2D eigenvalue weighted by atomic mass is 32.2. The van der Waals surface area contributed by atoms with Gasteiger partial charge in [-0.15, -0.1) is 0 Å². The summed E-state index contributed by atoms with van der Waals surface area (Å²) in [6.45, 7) is 0.238. The highest BCUT2D eigenvalue weighted by Crippen LogP contribution is 2.29. The third kappa shape index (κ3) is 4.65. The van der Waals surface area contributed by atoms with Crippen molar-refractivity contribution in [2.45, 2.75) is 24.0 Å². The van der Waals surface area contributed by atoms with Crippen molar-refractivity contribution in [2.75, 3.05) is 6.54 Å². The lowest BCUT2D eigenvalue weighted by Crippen LogP contribution is -2.28. The van der Waals surface area contributed by atoms with Crippen molar-refractivity contribution in [3.63, 3.8) is 0 Å². The number of sulfonamides is 1. The van der Waals surface area contributed by atoms with Gasteiger partial charge in [-0.1, -0.05) is 0 Å². The number of rotatable bonds is 6. The van der Waals surface area contributed by atoms with Crippen molar-refractivity contribution in [3.05, 3.63) is 58.5 Å². The van der Waals surface area contributed by atoms with E-state index >= 15 is 0 Å². The Bertz CT molecular complexity index is 846. The first-order valence-corrected chi connectivity index (χ1v) is 8.37. The van der Waals surface area contributed by atoms with Gasteiger partial charge in [0.15, 0.2) is 0 Å². The monoisotopic (exact) mass is 361 g/mol. The second-order valence-corrected chi connectivity index (χ2v) is 6.63. The number of benzene rings is 1. The van der Waals surface area contributed by atoms with Crippen molar-refractivity contribution in [2.24, 2.45) is 0 Å². The molecule has 10 heteroatoms. The Morgan fingerprint density at radius 3 is 2.38 bits per heavy atom. The molecular formula is C14H14F3N3O3S. The van der Waals surface area contributed by atoms with Gasteiger partial charge in [-0.2, -0.15) is 18.3 Å². The van der Waals surface area contributed by atoms with Gasteiger partial charge in [-0.25, -0.2) is 17.8 Å². The second kappa shape index (κ2) is 7.14. The normalized spacial score (nSPS) is 12.3. The van der Waals surface area contributed by atoms with Gasteiger partial charge in [0.05, 0.1) is 10.5 Å². The molecule has 0 spiro atoms. The quantitative estimate of drug-likeness (QED) is 0.793. The Labute approximate surface area is 136 Å². The molecule has 0 atom stereocenters. The van der Waals surface area contributed by atoms with Gasteiger partial charge in [-0.05, 0) is 36.8 Å². The summed E-state index contributed by atoms with van der Waals surface area (Å²) in [5.74, 6) is 0. The Kier molecular flexibility index (Phi) is 5.40. The van der Waals surface area contributed by atoms with E-state index in [2.05, 4.69) is 9.82 Å². The van der Waals surface area contributed by atoms with Crippen molar-refractivity contribution in [1.82, 2.24) is 14.5 Å². The molecule has 2 aromatic rings. The maximum Gasteiger partial charge on any atom is 0.416 e. The van der Waals surface area contributed by atoms with Crippen LogP contribution in [0.2, 0.25) is 0 Å². The van der Waals surface area contributed by atoms with E-state index in [1.807, 2.05) is 0 Å². The predicted octanol–water partition coefficient (Wildman–Crippen LogP) is 1.63. The molecule has 1 N–H and O–H groups in total. The Morgan fingerprint density at radius 1 is 1.12 bits per heavy atom. The van der Waals surface area contributed by atoms with Crippen molar-refractivity contribution in [3.8, 4) is 0 Å². The number of hydrogen-bond acceptors (Lipinski definition) is 4. The molecule has 24 heavy (non-hydrogen) atoms. The van der Waals surface area contributed by atoms with Gasteiger partial charge < -0.3 is 0 Å². The average molecular weight is 361 g/mol. The molecule has 1 aromatic carbocycles. The van der Waals surface area contributed by atoms with Gasteiger partial charge in [0, 0.05) is 25.4 Å². The molecule has 0 bridgehead atoms. The summed E-state index contributed by atoms with van der Waals surface area (Å²) in [7, 11) is -3.91. The van der Waals surface area contributed by atoms with Crippen LogP contribution in [0, 0.1) is 0 Å². The lowest BCUT2D eigenvalue weighted by atomic mass is 10.2. The van der Waals surface area contributed by atoms with Crippen molar-refractivity contribution >= 4 is 10.0 Å². The summed E-state index contributed by atoms with van der Waals surface area (Å²) in [5.41, 5.74) is -1.22. The van der Waals surface area contributed by atoms with Crippen LogP contribution in [-0.4, -0.2) is 24.7 Å². The molecule has 0 aliphatic carbocycles. The van der Waals surface area contributed by atoms with Crippen LogP contribution in [0.25, 0.3) is 0 Å². The predicted molar refractivity (Wildman–Crippen MR) is 79.7 cm³/mol. The van der Waals surface area contributed by atoms with E-state index in [-0.39, 0.29) is 23.5 Å². The molecule has 0 radical (unpaired) electrons. The minimum Gasteiger partial charge on any atom is -0.268 e. The standard InChI is InChI=1S/C14H14F3N3O3S/c15-14(16,17)11-4-6-12(7-5-11)24(22,23)19-9-2-10-20-13(21)3-1-8-18-20/h1,3-8,19H,2,9-10H2. The minimum absolute atomic E-state index is 0.0202. The molecule has 0 unspecified atom stereocenters. The van der Waals surface area contributed by atoms with Gasteiger partial charge in [-0.3, -0.25) is 4.79 Å². The number of hydrogen-bond donors (Lipinski definition) is 1. The number of aromatic nitrogens is 2. The maximum absolute atomic E-state index is 12.5. The van der Waals surface area contributed by atoms with Crippen LogP contribution in [0.15, 0.2) is 52.3 Å². The Balaban J connectivity index is 1.94. The summed E-state index contributed by atoms with van der Waals surface area (Å²) in [6.07, 6.45) is -2.78. The van der Waals surface area contributed by atoms with E-state index in [4.69, 9.17) is 0 Å². The van der Waals surface area contributed by atoms with Crippen LogP contribution in [0.5, 0.6) is 0 Å². The van der Waals surface area contributed by atoms with Crippen LogP contribution in [0.3, 0.4) is 0 Å². The van der Waals surface area contributed by atoms with Crippen molar-refractivity contribution in [1.29, 1.82) is 0 Å². The number of aryl methyl sites for hydroxylation is 1. The molecule has 130 valence electrons. The molecule has 0 amide bonds. The number of nitrogens with one attached hydrogen (secondary N) is 1. The SMILES string of the molecule is O=c1cccnn1CCCNS(=O)(=O)c1ccc(C(F)(F)F)cc1. The third-order valence-corrected chi connectivity index (χ3v) is 4.59. The second-order valence-electron chi connectivity index (χ2n) is 4.86. The summed E-state index contributed by atoms with van der Waals surface area (Å²) in [6, 6.07) is 6.04. The molecular weight excluding hydrogens is 347 g/mol. The van der Waals surface area contributed by atoms with E-state index in [0.717, 1.165) is 12.1 Å². The maximum atomic E-state index is 12.5. The first-order valence-electron chi connectivity index (χ1n) is 6.89. The van der Waals surface area contributed by atoms with Gasteiger partial charge >= 0.3 is 6.18 Å². The van der Waals surface area contributed by atoms with Crippen LogP contribution in [0.1, 0.15) is 12.0 Å². The molecule has 0 aliphatic heterocycles. The third-order valence-electron chi connectivity index (χ3n) is 3.12. The molecule has 1 heterocycles. The van der Waals surface area contributed by atoms with Crippen LogP contribution in [0.4, 0.5) is 13.2 Å². The number of halogens is 3. The van der Waals surface area contributed by atoms with E-state index in [0.29, 0.717) is 18.6 Å². The fraction of sp³-hybridized carbons (Fsp3) is 0.286. The number of alkyl halides is 3. The lowest BCUT2D eigenvalue weighted by Gasteiger charge is -2.09. The van der Waals surface area contributed by atoms with Crippen molar-refractivity contribution < 1.29 is 21.6 Å². The van der Waals surface area contributed by atoms with E-state index in [1.165, 1.54) is 23.0 Å². The fourth-order valence-electron chi connectivity index (χ4n) is 1.90. The van der Waals surface area contributed by atoms with Crippen LogP contribution >= 0.6 is 0 Å². The molecule has 0 saturated carbocycles. The van der Waals surface area contributed by atoms with E-state index in [1.54, 1.807) is 0 Å². The van der Waals surface area contributed by atoms with E-state index < -0.39 is 21.8 Å². The van der Waals surface area contributed by atoms with Crippen LogP contribution < -0.4 is 10.3 Å². The first kappa shape index (κ1) is 18.1. The number of nitrogens with zero attached hydrogens (tertiary/aromatic N) is 2. The zero-order valence-corrected chi connectivity index (χ0v) is 13.1. The average Bonchev–Trinajstić information content (AvgIpc) is 2.52. The molecule has 1 aromatic heterocycles. The zero-order valence-electron chi connectivity index (χ0n) is 12.3. The largest absolute Gasteiger partial charge is 0.416 e. The van der Waals surface area contributed by atoms with Gasteiger partial charge in [0.25, 0.3) is 5.56 Å². The summed E-state index contributed by atoms with van der Waals surface area (Å²) in [4.78, 5) is 11.2. The highest BCUT2D eigenvalue weighted by molar-refractivity contribution is 7.89. The lowest BCUT2D eigenvalue weighted by molar-refractivity contribution is -0.137. The summed E-state index contributed by atoms with van der Waals surface area (Å²) >= 11 is 0. The fourth-order valence-corrected chi connectivity index (χ4v) is 2.97. The first-order chi connectivity index (χ1) is 11.2. The summed E-state index contributed by atoms with van der Waals surface area (Å²) < 4.78 is 64.8. The molecule has 6 nitrogen and oxygen atoms in total. The van der Waals surface area contributed by atoms with Crippen LogP contribution in [-0.2, 0) is 22.7 Å². The molecule has 0 aliphatic rings. The molecule has 0 fully saturated rings. The zero-order chi connectivity index (χ0) is 17.8.